The van der Waals surface area contributed by atoms with E-state index in [2.05, 4.69) is 5.32 Å². The highest BCUT2D eigenvalue weighted by atomic mass is 16.3. The van der Waals surface area contributed by atoms with E-state index in [1.165, 1.54) is 6.92 Å². The van der Waals surface area contributed by atoms with Gasteiger partial charge in [-0.2, -0.15) is 0 Å². The van der Waals surface area contributed by atoms with Gasteiger partial charge in [-0.05, 0) is 25.0 Å². The number of furan rings is 1. The summed E-state index contributed by atoms with van der Waals surface area (Å²) in [6, 6.07) is 3.96. The van der Waals surface area contributed by atoms with E-state index in [1.807, 2.05) is 6.07 Å². The molecule has 0 spiro atoms. The van der Waals surface area contributed by atoms with Crippen molar-refractivity contribution in [3.63, 3.8) is 0 Å². The van der Waals surface area contributed by atoms with Crippen molar-refractivity contribution < 1.29 is 14.0 Å². The number of amides is 2. The number of carbonyl (C=O) groups is 2. The summed E-state index contributed by atoms with van der Waals surface area (Å²) in [4.78, 5) is 24.5. The lowest BCUT2D eigenvalue weighted by molar-refractivity contribution is -0.133. The van der Waals surface area contributed by atoms with Gasteiger partial charge >= 0.3 is 0 Å². The fraction of sp³-hybridized carbons (Fsp3) is 0.500. The van der Waals surface area contributed by atoms with E-state index < -0.39 is 0 Å². The molecule has 1 aliphatic carbocycles. The van der Waals surface area contributed by atoms with Crippen molar-refractivity contribution in [1.29, 1.82) is 0 Å². The molecule has 2 amide bonds. The Hall–Kier alpha value is -1.78. The third kappa shape index (κ3) is 3.34. The van der Waals surface area contributed by atoms with Crippen LogP contribution in [0.4, 0.5) is 0 Å². The third-order valence-electron chi connectivity index (χ3n) is 2.70. The van der Waals surface area contributed by atoms with Gasteiger partial charge in [0.15, 0.2) is 0 Å². The Kier molecular flexibility index (Phi) is 3.46. The van der Waals surface area contributed by atoms with Crippen LogP contribution in [0.2, 0.25) is 0 Å². The summed E-state index contributed by atoms with van der Waals surface area (Å²) in [6.07, 6.45) is 3.66. The minimum Gasteiger partial charge on any atom is -0.467 e. The fourth-order valence-corrected chi connectivity index (χ4v) is 1.68. The van der Waals surface area contributed by atoms with Crippen molar-refractivity contribution in [3.05, 3.63) is 24.2 Å². The van der Waals surface area contributed by atoms with E-state index >= 15 is 0 Å². The zero-order valence-electron chi connectivity index (χ0n) is 9.81. The van der Waals surface area contributed by atoms with Gasteiger partial charge in [-0.1, -0.05) is 0 Å². The number of hydrogen-bond donors (Lipinski definition) is 1. The highest BCUT2D eigenvalue weighted by molar-refractivity contribution is 5.84. The molecule has 0 unspecified atom stereocenters. The number of nitrogens with zero attached hydrogens (tertiary/aromatic N) is 1. The minimum atomic E-state index is -0.188. The summed E-state index contributed by atoms with van der Waals surface area (Å²) < 4.78 is 5.24. The summed E-state index contributed by atoms with van der Waals surface area (Å²) in [5, 5.41) is 2.53. The average Bonchev–Trinajstić information content (AvgIpc) is 3.00. The van der Waals surface area contributed by atoms with Crippen LogP contribution < -0.4 is 5.32 Å². The second kappa shape index (κ2) is 5.03. The molecule has 1 heterocycles. The fourth-order valence-electron chi connectivity index (χ4n) is 1.68. The van der Waals surface area contributed by atoms with Crippen LogP contribution in [0.1, 0.15) is 25.5 Å². The third-order valence-corrected chi connectivity index (χ3v) is 2.70. The first-order valence-electron chi connectivity index (χ1n) is 5.73. The Morgan fingerprint density at radius 1 is 1.53 bits per heavy atom. The largest absolute Gasteiger partial charge is 0.467 e. The monoisotopic (exact) mass is 236 g/mol. The normalized spacial score (nSPS) is 14.4. The van der Waals surface area contributed by atoms with E-state index in [0.717, 1.165) is 18.6 Å². The van der Waals surface area contributed by atoms with E-state index in [4.69, 9.17) is 4.42 Å². The maximum atomic E-state index is 11.9. The van der Waals surface area contributed by atoms with Crippen LogP contribution >= 0.6 is 0 Å². The number of carbonyl (C=O) groups excluding carboxylic acids is 2. The zero-order chi connectivity index (χ0) is 12.3. The molecule has 1 fully saturated rings. The first-order chi connectivity index (χ1) is 8.16. The molecule has 17 heavy (non-hydrogen) atoms. The van der Waals surface area contributed by atoms with Crippen LogP contribution in [-0.2, 0) is 16.1 Å². The van der Waals surface area contributed by atoms with Crippen molar-refractivity contribution in [2.45, 2.75) is 32.4 Å². The van der Waals surface area contributed by atoms with Crippen molar-refractivity contribution in [2.75, 3.05) is 6.54 Å². The molecule has 0 atom stereocenters. The SMILES string of the molecule is CC(=O)NCC(=O)N(Cc1ccco1)C1CC1. The lowest BCUT2D eigenvalue weighted by Crippen LogP contribution is -2.40. The van der Waals surface area contributed by atoms with Crippen molar-refractivity contribution >= 4 is 11.8 Å². The summed E-state index contributed by atoms with van der Waals surface area (Å²) in [5.74, 6) is 0.527. The van der Waals surface area contributed by atoms with Crippen LogP contribution in [0, 0.1) is 0 Å². The van der Waals surface area contributed by atoms with Gasteiger partial charge in [0.05, 0.1) is 19.4 Å². The molecule has 92 valence electrons. The smallest absolute Gasteiger partial charge is 0.242 e. The van der Waals surface area contributed by atoms with Gasteiger partial charge in [-0.25, -0.2) is 0 Å². The molecule has 1 aromatic rings. The summed E-state index contributed by atoms with van der Waals surface area (Å²) in [7, 11) is 0. The topological polar surface area (TPSA) is 62.6 Å². The van der Waals surface area contributed by atoms with Crippen molar-refractivity contribution in [1.82, 2.24) is 10.2 Å². The summed E-state index contributed by atoms with van der Waals surface area (Å²) in [6.45, 7) is 1.95. The van der Waals surface area contributed by atoms with Crippen LogP contribution in [0.3, 0.4) is 0 Å². The number of nitrogens with one attached hydrogen (secondary N) is 1. The number of rotatable bonds is 5. The van der Waals surface area contributed by atoms with E-state index in [-0.39, 0.29) is 18.4 Å². The molecular weight excluding hydrogens is 220 g/mol. The molecule has 5 heteroatoms. The standard InChI is InChI=1S/C12H16N2O3/c1-9(15)13-7-12(16)14(10-4-5-10)8-11-3-2-6-17-11/h2-3,6,10H,4-5,7-8H2,1H3,(H,13,15). The molecule has 1 saturated carbocycles. The minimum absolute atomic E-state index is 0.0564. The Bertz CT molecular complexity index is 396. The lowest BCUT2D eigenvalue weighted by atomic mass is 10.3. The van der Waals surface area contributed by atoms with E-state index in [1.54, 1.807) is 17.2 Å². The summed E-state index contributed by atoms with van der Waals surface area (Å²) in [5.41, 5.74) is 0. The van der Waals surface area contributed by atoms with Gasteiger partial charge in [0, 0.05) is 13.0 Å². The lowest BCUT2D eigenvalue weighted by Gasteiger charge is -2.21. The Labute approximate surface area is 99.8 Å². The van der Waals surface area contributed by atoms with Gasteiger partial charge in [-0.3, -0.25) is 9.59 Å². The van der Waals surface area contributed by atoms with Gasteiger partial charge in [0.1, 0.15) is 5.76 Å². The highest BCUT2D eigenvalue weighted by Crippen LogP contribution is 2.28. The van der Waals surface area contributed by atoms with Crippen molar-refractivity contribution in [2.24, 2.45) is 0 Å². The Morgan fingerprint density at radius 2 is 2.29 bits per heavy atom. The second-order valence-electron chi connectivity index (χ2n) is 4.24. The molecule has 1 aliphatic rings. The first kappa shape index (κ1) is 11.7. The summed E-state index contributed by atoms with van der Waals surface area (Å²) >= 11 is 0. The quantitative estimate of drug-likeness (QED) is 0.826. The van der Waals surface area contributed by atoms with E-state index in [9.17, 15) is 9.59 Å². The van der Waals surface area contributed by atoms with Gasteiger partial charge in [-0.15, -0.1) is 0 Å². The van der Waals surface area contributed by atoms with Crippen LogP contribution in [0.5, 0.6) is 0 Å². The average molecular weight is 236 g/mol. The van der Waals surface area contributed by atoms with Gasteiger partial charge in [0.2, 0.25) is 11.8 Å². The maximum absolute atomic E-state index is 11.9. The van der Waals surface area contributed by atoms with E-state index in [0.29, 0.717) is 12.6 Å². The van der Waals surface area contributed by atoms with Gasteiger partial charge < -0.3 is 14.6 Å². The van der Waals surface area contributed by atoms with Crippen molar-refractivity contribution in [3.8, 4) is 0 Å². The molecule has 0 saturated heterocycles. The van der Waals surface area contributed by atoms with Crippen LogP contribution in [0.15, 0.2) is 22.8 Å². The molecular formula is C12H16N2O3. The van der Waals surface area contributed by atoms with Crippen LogP contribution in [0.25, 0.3) is 0 Å². The van der Waals surface area contributed by atoms with Gasteiger partial charge in [0.25, 0.3) is 0 Å². The predicted molar refractivity (Wildman–Crippen MR) is 61.0 cm³/mol. The molecule has 1 N–H and O–H groups in total. The molecule has 0 aliphatic heterocycles. The Balaban J connectivity index is 1.92. The molecule has 0 bridgehead atoms. The molecule has 0 aromatic carbocycles. The molecule has 5 nitrogen and oxygen atoms in total. The highest BCUT2D eigenvalue weighted by Gasteiger charge is 2.32. The number of hydrogen-bond acceptors (Lipinski definition) is 3. The Morgan fingerprint density at radius 3 is 2.82 bits per heavy atom. The first-order valence-corrected chi connectivity index (χ1v) is 5.73. The molecule has 2 rings (SSSR count). The molecule has 1 aromatic heterocycles. The maximum Gasteiger partial charge on any atom is 0.242 e. The zero-order valence-corrected chi connectivity index (χ0v) is 9.81. The molecule has 0 radical (unpaired) electrons. The predicted octanol–water partition coefficient (Wildman–Crippen LogP) is 0.907. The second-order valence-corrected chi connectivity index (χ2v) is 4.24. The van der Waals surface area contributed by atoms with Crippen LogP contribution in [-0.4, -0.2) is 29.3 Å².